The summed E-state index contributed by atoms with van der Waals surface area (Å²) >= 11 is 0. The maximum atomic E-state index is 12.1. The zero-order valence-electron chi connectivity index (χ0n) is 13.4. The van der Waals surface area contributed by atoms with Gasteiger partial charge in [-0.25, -0.2) is 9.66 Å². The van der Waals surface area contributed by atoms with Gasteiger partial charge in [0.15, 0.2) is 6.61 Å². The molecule has 25 heavy (non-hydrogen) atoms. The molecule has 3 aromatic rings. The predicted molar refractivity (Wildman–Crippen MR) is 93.0 cm³/mol. The van der Waals surface area contributed by atoms with Gasteiger partial charge in [-0.2, -0.15) is 0 Å². The number of nitrogens with one attached hydrogen (secondary N) is 2. The minimum Gasteiger partial charge on any atom is -0.484 e. The second kappa shape index (κ2) is 6.27. The van der Waals surface area contributed by atoms with Crippen LogP contribution in [0.3, 0.4) is 0 Å². The van der Waals surface area contributed by atoms with Gasteiger partial charge in [-0.05, 0) is 42.3 Å². The first-order valence-electron chi connectivity index (χ1n) is 7.96. The lowest BCUT2D eigenvalue weighted by molar-refractivity contribution is -0.119. The van der Waals surface area contributed by atoms with Gasteiger partial charge < -0.3 is 10.1 Å². The van der Waals surface area contributed by atoms with Crippen molar-refractivity contribution < 1.29 is 14.3 Å². The number of hydrogen-bond donors (Lipinski definition) is 2. The molecular formula is C18H16N4O3. The topological polar surface area (TPSA) is 85.2 Å². The van der Waals surface area contributed by atoms with Gasteiger partial charge in [0.1, 0.15) is 12.1 Å². The number of nitrogens with zero attached hydrogens (tertiary/aromatic N) is 2. The van der Waals surface area contributed by atoms with Crippen molar-refractivity contribution in [1.82, 2.24) is 9.66 Å². The van der Waals surface area contributed by atoms with E-state index in [0.717, 1.165) is 22.3 Å². The fourth-order valence-corrected chi connectivity index (χ4v) is 2.81. The minimum absolute atomic E-state index is 0.0214. The molecule has 2 aromatic carbocycles. The molecule has 0 saturated heterocycles. The van der Waals surface area contributed by atoms with E-state index in [9.17, 15) is 9.59 Å². The highest BCUT2D eigenvalue weighted by molar-refractivity contribution is 5.94. The Morgan fingerprint density at radius 2 is 2.12 bits per heavy atom. The third-order valence-corrected chi connectivity index (χ3v) is 4.04. The Bertz CT molecular complexity index is 964. The molecule has 0 radical (unpaired) electrons. The van der Waals surface area contributed by atoms with Crippen molar-refractivity contribution in [2.24, 2.45) is 0 Å². The van der Waals surface area contributed by atoms with Crippen LogP contribution in [0.15, 0.2) is 48.8 Å². The zero-order valence-corrected chi connectivity index (χ0v) is 13.4. The van der Waals surface area contributed by atoms with E-state index < -0.39 is 0 Å². The summed E-state index contributed by atoms with van der Waals surface area (Å²) in [6.07, 6.45) is 2.69. The number of hydrogen-bond acceptors (Lipinski definition) is 4. The van der Waals surface area contributed by atoms with Gasteiger partial charge in [0.05, 0.1) is 11.0 Å². The molecule has 0 unspecified atom stereocenters. The van der Waals surface area contributed by atoms with Gasteiger partial charge >= 0.3 is 0 Å². The van der Waals surface area contributed by atoms with Crippen LogP contribution in [0.5, 0.6) is 5.75 Å². The number of benzene rings is 2. The minimum atomic E-state index is -0.283. The van der Waals surface area contributed by atoms with E-state index >= 15 is 0 Å². The molecule has 1 aliphatic heterocycles. The lowest BCUT2D eigenvalue weighted by Crippen LogP contribution is -2.27. The molecule has 1 aromatic heterocycles. The molecule has 7 nitrogen and oxygen atoms in total. The number of para-hydroxylation sites is 2. The van der Waals surface area contributed by atoms with Crippen molar-refractivity contribution in [2.45, 2.75) is 12.8 Å². The monoisotopic (exact) mass is 336 g/mol. The summed E-state index contributed by atoms with van der Waals surface area (Å²) in [5.41, 5.74) is 6.18. The van der Waals surface area contributed by atoms with Crippen LogP contribution in [0.1, 0.15) is 12.0 Å². The first kappa shape index (κ1) is 15.2. The number of carbonyl (C=O) groups excluding carboxylic acids is 2. The summed E-state index contributed by atoms with van der Waals surface area (Å²) in [4.78, 5) is 27.7. The third-order valence-electron chi connectivity index (χ3n) is 4.04. The van der Waals surface area contributed by atoms with E-state index in [-0.39, 0.29) is 18.4 Å². The van der Waals surface area contributed by atoms with E-state index in [4.69, 9.17) is 4.74 Å². The van der Waals surface area contributed by atoms with Crippen LogP contribution < -0.4 is 15.5 Å². The number of aromatic nitrogens is 2. The summed E-state index contributed by atoms with van der Waals surface area (Å²) in [6.45, 7) is -0.113. The van der Waals surface area contributed by atoms with Crippen molar-refractivity contribution in [3.05, 3.63) is 54.4 Å². The molecule has 0 fully saturated rings. The molecule has 7 heteroatoms. The van der Waals surface area contributed by atoms with Crippen molar-refractivity contribution in [3.63, 3.8) is 0 Å². The van der Waals surface area contributed by atoms with Gasteiger partial charge in [-0.1, -0.05) is 12.1 Å². The molecule has 0 atom stereocenters. The normalized spacial score (nSPS) is 13.2. The molecule has 0 bridgehead atoms. The first-order valence-corrected chi connectivity index (χ1v) is 7.96. The van der Waals surface area contributed by atoms with Crippen LogP contribution in [-0.4, -0.2) is 28.1 Å². The summed E-state index contributed by atoms with van der Waals surface area (Å²) in [7, 11) is 0. The number of fused-ring (bicyclic) bond motifs is 2. The van der Waals surface area contributed by atoms with Crippen molar-refractivity contribution in [2.75, 3.05) is 17.3 Å². The standard InChI is InChI=1S/C18H16N4O3/c23-17-8-5-12-9-13(6-7-14(12)20-17)25-10-18(24)21-22-11-19-15-3-1-2-4-16(15)22/h1-4,6-7,9,11H,5,8,10H2,(H,20,23)(H,21,24). The molecular weight excluding hydrogens is 320 g/mol. The van der Waals surface area contributed by atoms with Crippen LogP contribution >= 0.6 is 0 Å². The smallest absolute Gasteiger partial charge is 0.276 e. The Kier molecular flexibility index (Phi) is 3.81. The summed E-state index contributed by atoms with van der Waals surface area (Å²) < 4.78 is 7.14. The SMILES string of the molecule is O=C1CCc2cc(OCC(=O)Nn3cnc4ccccc43)ccc2N1. The summed E-state index contributed by atoms with van der Waals surface area (Å²) in [6, 6.07) is 12.9. The molecule has 0 aliphatic carbocycles. The average Bonchev–Trinajstić information content (AvgIpc) is 3.03. The molecule has 2 heterocycles. The van der Waals surface area contributed by atoms with Gasteiger partial charge in [0.2, 0.25) is 5.91 Å². The average molecular weight is 336 g/mol. The summed E-state index contributed by atoms with van der Waals surface area (Å²) in [5.74, 6) is 0.336. The number of imidazole rings is 1. The van der Waals surface area contributed by atoms with Gasteiger partial charge in [-0.15, -0.1) is 0 Å². The van der Waals surface area contributed by atoms with E-state index in [1.54, 1.807) is 23.1 Å². The fraction of sp³-hybridized carbons (Fsp3) is 0.167. The number of carbonyl (C=O) groups is 2. The van der Waals surface area contributed by atoms with E-state index in [2.05, 4.69) is 15.7 Å². The maximum Gasteiger partial charge on any atom is 0.276 e. The van der Waals surface area contributed by atoms with Gasteiger partial charge in [-0.3, -0.25) is 15.0 Å². The Morgan fingerprint density at radius 1 is 1.24 bits per heavy atom. The highest BCUT2D eigenvalue weighted by atomic mass is 16.5. The number of anilines is 1. The number of aryl methyl sites for hydroxylation is 1. The Labute approximate surface area is 143 Å². The maximum absolute atomic E-state index is 12.1. The van der Waals surface area contributed by atoms with E-state index in [1.165, 1.54) is 0 Å². The van der Waals surface area contributed by atoms with Gasteiger partial charge in [0.25, 0.3) is 5.91 Å². The first-order chi connectivity index (χ1) is 12.2. The highest BCUT2D eigenvalue weighted by Crippen LogP contribution is 2.26. The highest BCUT2D eigenvalue weighted by Gasteiger charge is 2.15. The van der Waals surface area contributed by atoms with Crippen LogP contribution in [0.2, 0.25) is 0 Å². The second-order valence-corrected chi connectivity index (χ2v) is 5.79. The van der Waals surface area contributed by atoms with E-state index in [0.29, 0.717) is 18.6 Å². The number of ether oxygens (including phenoxy) is 1. The largest absolute Gasteiger partial charge is 0.484 e. The zero-order chi connectivity index (χ0) is 17.2. The molecule has 0 saturated carbocycles. The summed E-state index contributed by atoms with van der Waals surface area (Å²) in [5, 5.41) is 2.81. The van der Waals surface area contributed by atoms with Crippen molar-refractivity contribution >= 4 is 28.5 Å². The Balaban J connectivity index is 1.40. The molecule has 126 valence electrons. The quantitative estimate of drug-likeness (QED) is 0.764. The fourth-order valence-electron chi connectivity index (χ4n) is 2.81. The second-order valence-electron chi connectivity index (χ2n) is 5.79. The third kappa shape index (κ3) is 3.16. The lowest BCUT2D eigenvalue weighted by Gasteiger charge is -2.17. The molecule has 4 rings (SSSR count). The lowest BCUT2D eigenvalue weighted by atomic mass is 10.0. The number of amides is 2. The van der Waals surface area contributed by atoms with Crippen LogP contribution in [0, 0.1) is 0 Å². The number of rotatable bonds is 4. The van der Waals surface area contributed by atoms with Crippen LogP contribution in [0.4, 0.5) is 5.69 Å². The Morgan fingerprint density at radius 3 is 3.04 bits per heavy atom. The predicted octanol–water partition coefficient (Wildman–Crippen LogP) is 2.07. The van der Waals surface area contributed by atoms with Crippen LogP contribution in [0.25, 0.3) is 11.0 Å². The van der Waals surface area contributed by atoms with Gasteiger partial charge in [0, 0.05) is 12.1 Å². The van der Waals surface area contributed by atoms with Crippen molar-refractivity contribution in [1.29, 1.82) is 0 Å². The Hall–Kier alpha value is -3.35. The van der Waals surface area contributed by atoms with Crippen LogP contribution in [-0.2, 0) is 16.0 Å². The van der Waals surface area contributed by atoms with Crippen molar-refractivity contribution in [3.8, 4) is 5.75 Å². The molecule has 1 aliphatic rings. The molecule has 2 amide bonds. The molecule has 0 spiro atoms. The van der Waals surface area contributed by atoms with E-state index in [1.807, 2.05) is 30.3 Å². The molecule has 2 N–H and O–H groups in total.